The van der Waals surface area contributed by atoms with Gasteiger partial charge in [-0.3, -0.25) is 0 Å². The van der Waals surface area contributed by atoms with Gasteiger partial charge in [0.1, 0.15) is 6.26 Å². The first-order chi connectivity index (χ1) is 7.40. The molecule has 0 aromatic carbocycles. The van der Waals surface area contributed by atoms with Gasteiger partial charge in [0.2, 0.25) is 11.7 Å². The van der Waals surface area contributed by atoms with Crippen LogP contribution in [0.1, 0.15) is 12.8 Å². The Kier molecular flexibility index (Phi) is 3.14. The van der Waals surface area contributed by atoms with Crippen molar-refractivity contribution in [3.63, 3.8) is 0 Å². The summed E-state index contributed by atoms with van der Waals surface area (Å²) in [6, 6.07) is 1.80. The Balaban J connectivity index is 1.98. The molecule has 80 valence electrons. The quantitative estimate of drug-likeness (QED) is 0.752. The summed E-state index contributed by atoms with van der Waals surface area (Å²) in [6.07, 6.45) is 3.93. The fraction of sp³-hybridized carbons (Fsp3) is 0.400. The van der Waals surface area contributed by atoms with E-state index in [1.807, 2.05) is 0 Å². The maximum Gasteiger partial charge on any atom is 0.228 e. The average molecular weight is 207 g/mol. The minimum absolute atomic E-state index is 0.579. The summed E-state index contributed by atoms with van der Waals surface area (Å²) in [7, 11) is 0. The van der Waals surface area contributed by atoms with Gasteiger partial charge in [-0.1, -0.05) is 12.1 Å². The summed E-state index contributed by atoms with van der Waals surface area (Å²) in [6.45, 7) is 3.86. The van der Waals surface area contributed by atoms with E-state index in [1.165, 1.54) is 0 Å². The van der Waals surface area contributed by atoms with E-state index in [1.54, 1.807) is 18.6 Å². The Labute approximate surface area is 87.5 Å². The smallest absolute Gasteiger partial charge is 0.228 e. The lowest BCUT2D eigenvalue weighted by molar-refractivity contribution is 0.377. The highest BCUT2D eigenvalue weighted by molar-refractivity contribution is 5.51. The third-order valence-corrected chi connectivity index (χ3v) is 2.01. The molecule has 5 heteroatoms. The standard InChI is InChI=1S/C10H13N3O2/c1-2-11-5-3-9-12-10(13-15-9)8-4-6-14-7-8/h4,6-7,11H,2-3,5H2,1H3. The van der Waals surface area contributed by atoms with Gasteiger partial charge in [-0.25, -0.2) is 0 Å². The predicted octanol–water partition coefficient (Wildman–Crippen LogP) is 1.48. The molecule has 0 aliphatic carbocycles. The monoisotopic (exact) mass is 207 g/mol. The van der Waals surface area contributed by atoms with E-state index in [0.717, 1.165) is 25.1 Å². The second kappa shape index (κ2) is 4.75. The zero-order valence-corrected chi connectivity index (χ0v) is 8.56. The van der Waals surface area contributed by atoms with Crippen molar-refractivity contribution in [3.05, 3.63) is 24.5 Å². The highest BCUT2D eigenvalue weighted by Gasteiger charge is 2.08. The molecule has 1 N–H and O–H groups in total. The summed E-state index contributed by atoms with van der Waals surface area (Å²) >= 11 is 0. The number of aromatic nitrogens is 2. The molecule has 15 heavy (non-hydrogen) atoms. The number of hydrogen-bond donors (Lipinski definition) is 1. The third kappa shape index (κ3) is 2.44. The van der Waals surface area contributed by atoms with Crippen molar-refractivity contribution in [3.8, 4) is 11.4 Å². The van der Waals surface area contributed by atoms with Crippen LogP contribution in [0.2, 0.25) is 0 Å². The summed E-state index contributed by atoms with van der Waals surface area (Å²) in [5.41, 5.74) is 0.841. The van der Waals surface area contributed by atoms with Crippen LogP contribution in [-0.2, 0) is 6.42 Å². The minimum Gasteiger partial charge on any atom is -0.472 e. The van der Waals surface area contributed by atoms with Crippen LogP contribution in [0.25, 0.3) is 11.4 Å². The number of furan rings is 1. The summed E-state index contributed by atoms with van der Waals surface area (Å²) in [5.74, 6) is 1.22. The van der Waals surface area contributed by atoms with E-state index in [0.29, 0.717) is 11.7 Å². The number of nitrogens with zero attached hydrogens (tertiary/aromatic N) is 2. The third-order valence-electron chi connectivity index (χ3n) is 2.01. The SMILES string of the molecule is CCNCCc1nc(-c2ccoc2)no1. The van der Waals surface area contributed by atoms with E-state index in [4.69, 9.17) is 8.94 Å². The first-order valence-electron chi connectivity index (χ1n) is 4.96. The Morgan fingerprint density at radius 3 is 3.13 bits per heavy atom. The molecule has 0 bridgehead atoms. The van der Waals surface area contributed by atoms with Crippen LogP contribution in [0, 0.1) is 0 Å². The lowest BCUT2D eigenvalue weighted by atomic mass is 10.3. The molecule has 0 radical (unpaired) electrons. The largest absolute Gasteiger partial charge is 0.472 e. The van der Waals surface area contributed by atoms with Crippen molar-refractivity contribution in [1.29, 1.82) is 0 Å². The van der Waals surface area contributed by atoms with Gasteiger partial charge < -0.3 is 14.3 Å². The van der Waals surface area contributed by atoms with Gasteiger partial charge in [-0.15, -0.1) is 0 Å². The van der Waals surface area contributed by atoms with Crippen LogP contribution < -0.4 is 5.32 Å². The fourth-order valence-electron chi connectivity index (χ4n) is 1.24. The Morgan fingerprint density at radius 2 is 2.40 bits per heavy atom. The molecule has 2 rings (SSSR count). The zero-order chi connectivity index (χ0) is 10.5. The molecule has 5 nitrogen and oxygen atoms in total. The molecule has 0 spiro atoms. The fourth-order valence-corrected chi connectivity index (χ4v) is 1.24. The van der Waals surface area contributed by atoms with Gasteiger partial charge in [0.25, 0.3) is 0 Å². The summed E-state index contributed by atoms with van der Waals surface area (Å²) in [4.78, 5) is 4.25. The van der Waals surface area contributed by atoms with Crippen molar-refractivity contribution in [1.82, 2.24) is 15.5 Å². The van der Waals surface area contributed by atoms with E-state index >= 15 is 0 Å². The number of rotatable bonds is 5. The average Bonchev–Trinajstić information content (AvgIpc) is 2.87. The highest BCUT2D eigenvalue weighted by atomic mass is 16.5. The zero-order valence-electron chi connectivity index (χ0n) is 8.56. The normalized spacial score (nSPS) is 10.7. The maximum absolute atomic E-state index is 5.09. The van der Waals surface area contributed by atoms with Crippen molar-refractivity contribution < 1.29 is 8.94 Å². The molecule has 2 heterocycles. The summed E-state index contributed by atoms with van der Waals surface area (Å²) < 4.78 is 10.0. The van der Waals surface area contributed by atoms with Crippen LogP contribution in [0.15, 0.2) is 27.5 Å². The van der Waals surface area contributed by atoms with Gasteiger partial charge in [0, 0.05) is 13.0 Å². The summed E-state index contributed by atoms with van der Waals surface area (Å²) in [5, 5.41) is 7.06. The van der Waals surface area contributed by atoms with Crippen LogP contribution in [0.3, 0.4) is 0 Å². The van der Waals surface area contributed by atoms with Crippen molar-refractivity contribution in [2.75, 3.05) is 13.1 Å². The Morgan fingerprint density at radius 1 is 1.47 bits per heavy atom. The molecule has 2 aromatic heterocycles. The molecular weight excluding hydrogens is 194 g/mol. The lowest BCUT2D eigenvalue weighted by Crippen LogP contribution is -2.16. The van der Waals surface area contributed by atoms with E-state index in [9.17, 15) is 0 Å². The van der Waals surface area contributed by atoms with Gasteiger partial charge >= 0.3 is 0 Å². The van der Waals surface area contributed by atoms with Gasteiger partial charge in [-0.2, -0.15) is 4.98 Å². The Bertz CT molecular complexity index is 394. The van der Waals surface area contributed by atoms with Crippen LogP contribution in [0.5, 0.6) is 0 Å². The predicted molar refractivity (Wildman–Crippen MR) is 54.2 cm³/mol. The molecule has 0 aliphatic heterocycles. The topological polar surface area (TPSA) is 64.1 Å². The second-order valence-corrected chi connectivity index (χ2v) is 3.13. The van der Waals surface area contributed by atoms with Crippen molar-refractivity contribution in [2.24, 2.45) is 0 Å². The molecule has 0 saturated carbocycles. The molecule has 0 unspecified atom stereocenters. The minimum atomic E-state index is 0.579. The second-order valence-electron chi connectivity index (χ2n) is 3.13. The molecular formula is C10H13N3O2. The Hall–Kier alpha value is -1.62. The number of hydrogen-bond acceptors (Lipinski definition) is 5. The first kappa shape index (κ1) is 9.92. The first-order valence-corrected chi connectivity index (χ1v) is 4.96. The molecule has 0 fully saturated rings. The molecule has 2 aromatic rings. The van der Waals surface area contributed by atoms with Crippen molar-refractivity contribution >= 4 is 0 Å². The number of nitrogens with one attached hydrogen (secondary N) is 1. The van der Waals surface area contributed by atoms with E-state index < -0.39 is 0 Å². The van der Waals surface area contributed by atoms with E-state index in [2.05, 4.69) is 22.4 Å². The van der Waals surface area contributed by atoms with Gasteiger partial charge in [0.15, 0.2) is 0 Å². The molecule has 0 aliphatic rings. The van der Waals surface area contributed by atoms with Crippen LogP contribution in [-0.4, -0.2) is 23.2 Å². The lowest BCUT2D eigenvalue weighted by Gasteiger charge is -1.94. The van der Waals surface area contributed by atoms with Gasteiger partial charge in [0.05, 0.1) is 11.8 Å². The molecule has 0 saturated heterocycles. The highest BCUT2D eigenvalue weighted by Crippen LogP contribution is 2.15. The maximum atomic E-state index is 5.09. The van der Waals surface area contributed by atoms with Crippen molar-refractivity contribution in [2.45, 2.75) is 13.3 Å². The molecule has 0 amide bonds. The van der Waals surface area contributed by atoms with Gasteiger partial charge in [-0.05, 0) is 12.6 Å². The molecule has 0 atom stereocenters. The van der Waals surface area contributed by atoms with Crippen LogP contribution >= 0.6 is 0 Å². The van der Waals surface area contributed by atoms with E-state index in [-0.39, 0.29) is 0 Å². The van der Waals surface area contributed by atoms with Crippen LogP contribution in [0.4, 0.5) is 0 Å². The number of likely N-dealkylation sites (N-methyl/N-ethyl adjacent to an activating group) is 1.